The Morgan fingerprint density at radius 2 is 1.71 bits per heavy atom. The number of benzene rings is 1. The second kappa shape index (κ2) is 7.57. The van der Waals surface area contributed by atoms with E-state index in [9.17, 15) is 4.89 Å². The molecule has 0 aliphatic rings. The van der Waals surface area contributed by atoms with Crippen molar-refractivity contribution in [1.82, 2.24) is 0 Å². The Morgan fingerprint density at radius 1 is 1.12 bits per heavy atom. The van der Waals surface area contributed by atoms with E-state index in [1.54, 1.807) is 5.82 Å². The van der Waals surface area contributed by atoms with Crippen LogP contribution in [-0.2, 0) is 15.5 Å². The predicted molar refractivity (Wildman–Crippen MR) is 73.1 cm³/mol. The number of hydrogen-bond acceptors (Lipinski definition) is 3. The molecular formula is C13H21O3P. The van der Waals surface area contributed by atoms with E-state index in [1.165, 1.54) is 5.56 Å². The van der Waals surface area contributed by atoms with Crippen LogP contribution in [0.25, 0.3) is 0 Å². The minimum absolute atomic E-state index is 0.457. The van der Waals surface area contributed by atoms with Gasteiger partial charge in [0.05, 0.1) is 0 Å². The van der Waals surface area contributed by atoms with Gasteiger partial charge in [-0.15, -0.1) is 0 Å². The molecule has 17 heavy (non-hydrogen) atoms. The topological polar surface area (TPSA) is 38.7 Å². The third-order valence-electron chi connectivity index (χ3n) is 2.23. The molecule has 96 valence electrons. The molecule has 1 aromatic carbocycles. The predicted octanol–water partition coefficient (Wildman–Crippen LogP) is 3.30. The molecule has 0 aliphatic carbocycles. The van der Waals surface area contributed by atoms with Crippen molar-refractivity contribution in [3.8, 4) is 0 Å². The Labute approximate surface area is 104 Å². The van der Waals surface area contributed by atoms with Gasteiger partial charge in [-0.3, -0.25) is 0 Å². The molecule has 0 saturated carbocycles. The van der Waals surface area contributed by atoms with Crippen LogP contribution in [0.2, 0.25) is 0 Å². The van der Waals surface area contributed by atoms with Crippen LogP contribution in [-0.4, -0.2) is 18.1 Å². The van der Waals surface area contributed by atoms with Crippen LogP contribution >= 0.6 is 7.94 Å². The summed E-state index contributed by atoms with van der Waals surface area (Å²) in [6.45, 7) is 4.61. The zero-order chi connectivity index (χ0) is 12.6. The zero-order valence-corrected chi connectivity index (χ0v) is 11.4. The van der Waals surface area contributed by atoms with E-state index in [-0.39, 0.29) is 0 Å². The van der Waals surface area contributed by atoms with Gasteiger partial charge in [0.1, 0.15) is 0 Å². The van der Waals surface area contributed by atoms with E-state index in [2.05, 4.69) is 0 Å². The molecule has 0 amide bonds. The van der Waals surface area contributed by atoms with Crippen LogP contribution in [0.3, 0.4) is 0 Å². The van der Waals surface area contributed by atoms with Crippen LogP contribution in [0.5, 0.6) is 0 Å². The van der Waals surface area contributed by atoms with Gasteiger partial charge in [0, 0.05) is 0 Å². The minimum atomic E-state index is -3.08. The van der Waals surface area contributed by atoms with E-state index in [0.29, 0.717) is 13.2 Å². The Kier molecular flexibility index (Phi) is 6.38. The van der Waals surface area contributed by atoms with Gasteiger partial charge in [0.15, 0.2) is 0 Å². The van der Waals surface area contributed by atoms with Gasteiger partial charge < -0.3 is 0 Å². The molecule has 0 radical (unpaired) electrons. The van der Waals surface area contributed by atoms with E-state index in [4.69, 9.17) is 9.05 Å². The van der Waals surface area contributed by atoms with Crippen LogP contribution < -0.4 is 0 Å². The van der Waals surface area contributed by atoms with Crippen molar-refractivity contribution in [1.29, 1.82) is 0 Å². The standard InChI is InChI=1S/C13H21O3P/c1-3-15-17(14,16-4-2)12-8-11-13-9-6-5-7-10-13/h5-10,12,14,17H,3-4,11H2,1-2H3/b12-8+. The Balaban J connectivity index is 2.55. The van der Waals surface area contributed by atoms with Gasteiger partial charge in [0.25, 0.3) is 0 Å². The average molecular weight is 256 g/mol. The summed E-state index contributed by atoms with van der Waals surface area (Å²) in [5.74, 6) is 1.69. The second-order valence-corrected chi connectivity index (χ2v) is 5.76. The van der Waals surface area contributed by atoms with Gasteiger partial charge in [-0.2, -0.15) is 0 Å². The average Bonchev–Trinajstić information content (AvgIpc) is 2.31. The fourth-order valence-electron chi connectivity index (χ4n) is 1.51. The van der Waals surface area contributed by atoms with Crippen molar-refractivity contribution in [2.24, 2.45) is 0 Å². The van der Waals surface area contributed by atoms with Crippen molar-refractivity contribution in [2.75, 3.05) is 13.2 Å². The molecule has 0 atom stereocenters. The summed E-state index contributed by atoms with van der Waals surface area (Å²) in [7, 11) is -3.08. The van der Waals surface area contributed by atoms with Crippen molar-refractivity contribution in [3.63, 3.8) is 0 Å². The van der Waals surface area contributed by atoms with Crippen molar-refractivity contribution >= 4 is 7.94 Å². The molecule has 4 heteroatoms. The van der Waals surface area contributed by atoms with E-state index in [1.807, 2.05) is 50.3 Å². The van der Waals surface area contributed by atoms with Crippen LogP contribution in [0, 0.1) is 0 Å². The molecule has 0 spiro atoms. The molecule has 0 fully saturated rings. The first-order valence-electron chi connectivity index (χ1n) is 5.92. The van der Waals surface area contributed by atoms with Gasteiger partial charge in [-0.05, 0) is 0 Å². The summed E-state index contributed by atoms with van der Waals surface area (Å²) in [5, 5.41) is 0. The Hall–Kier alpha value is -0.730. The zero-order valence-electron chi connectivity index (χ0n) is 10.4. The van der Waals surface area contributed by atoms with E-state index in [0.717, 1.165) is 6.42 Å². The summed E-state index contributed by atoms with van der Waals surface area (Å²) in [6.07, 6.45) is 2.68. The first kappa shape index (κ1) is 14.3. The molecule has 1 rings (SSSR count). The summed E-state index contributed by atoms with van der Waals surface area (Å²) in [4.78, 5) is 10.1. The molecule has 0 heterocycles. The third kappa shape index (κ3) is 5.42. The quantitative estimate of drug-likeness (QED) is 0.761. The second-order valence-electron chi connectivity index (χ2n) is 3.59. The molecule has 1 aromatic rings. The molecule has 0 aromatic heterocycles. The maximum atomic E-state index is 10.1. The van der Waals surface area contributed by atoms with Crippen LogP contribution in [0.1, 0.15) is 19.4 Å². The van der Waals surface area contributed by atoms with Gasteiger partial charge in [-0.1, -0.05) is 0 Å². The van der Waals surface area contributed by atoms with E-state index < -0.39 is 7.94 Å². The molecule has 0 saturated heterocycles. The first-order valence-corrected chi connectivity index (χ1v) is 7.76. The van der Waals surface area contributed by atoms with Gasteiger partial charge in [0.2, 0.25) is 0 Å². The first-order chi connectivity index (χ1) is 8.20. The summed E-state index contributed by atoms with van der Waals surface area (Å²) in [5.41, 5.74) is 1.20. The summed E-state index contributed by atoms with van der Waals surface area (Å²) < 4.78 is 10.6. The number of allylic oxidation sites excluding steroid dienone is 1. The van der Waals surface area contributed by atoms with Crippen LogP contribution in [0.15, 0.2) is 42.2 Å². The SMILES string of the molecule is CCO[PH](O)(/C=C/Cc1ccccc1)OCC. The molecular weight excluding hydrogens is 235 g/mol. The Bertz CT molecular complexity index is 332. The van der Waals surface area contributed by atoms with Crippen LogP contribution in [0.4, 0.5) is 0 Å². The summed E-state index contributed by atoms with van der Waals surface area (Å²) >= 11 is 0. The maximum absolute atomic E-state index is 10.1. The number of rotatable bonds is 7. The molecule has 0 bridgehead atoms. The molecule has 0 aliphatic heterocycles. The van der Waals surface area contributed by atoms with E-state index >= 15 is 0 Å². The summed E-state index contributed by atoms with van der Waals surface area (Å²) in [6, 6.07) is 10.1. The normalized spacial score (nSPS) is 13.1. The Morgan fingerprint density at radius 3 is 2.24 bits per heavy atom. The number of hydrogen-bond donors (Lipinski definition) is 1. The van der Waals surface area contributed by atoms with Gasteiger partial charge in [-0.25, -0.2) is 0 Å². The monoisotopic (exact) mass is 256 g/mol. The van der Waals surface area contributed by atoms with Gasteiger partial charge >= 0.3 is 103 Å². The third-order valence-corrected chi connectivity index (χ3v) is 4.29. The van der Waals surface area contributed by atoms with Crippen molar-refractivity contribution in [3.05, 3.63) is 47.8 Å². The molecule has 1 N–H and O–H groups in total. The van der Waals surface area contributed by atoms with Crippen molar-refractivity contribution < 1.29 is 13.9 Å². The fraction of sp³-hybridized carbons (Fsp3) is 0.385. The molecule has 3 nitrogen and oxygen atoms in total. The molecule has 0 unspecified atom stereocenters. The van der Waals surface area contributed by atoms with Crippen molar-refractivity contribution in [2.45, 2.75) is 20.3 Å². The fourth-order valence-corrected chi connectivity index (χ4v) is 3.03.